The molecular weight excluding hydrogens is 120 g/mol. The summed E-state index contributed by atoms with van der Waals surface area (Å²) in [7, 11) is 0. The van der Waals surface area contributed by atoms with Crippen molar-refractivity contribution in [3.63, 3.8) is 0 Å². The zero-order valence-corrected chi connectivity index (χ0v) is 4.53. The zero-order chi connectivity index (χ0) is 6.69. The molecule has 1 aromatic rings. The summed E-state index contributed by atoms with van der Waals surface area (Å²) in [5.41, 5.74) is 0. The van der Waals surface area contributed by atoms with Gasteiger partial charge in [-0.1, -0.05) is 6.58 Å². The lowest BCUT2D eigenvalue weighted by Gasteiger charge is -1.78. The van der Waals surface area contributed by atoms with Crippen LogP contribution >= 0.6 is 0 Å². The minimum Gasteiger partial charge on any atom is -0.286 e. The summed E-state index contributed by atoms with van der Waals surface area (Å²) in [6, 6.07) is 0. The van der Waals surface area contributed by atoms with Crippen molar-refractivity contribution in [2.24, 2.45) is 0 Å². The molecule has 0 saturated heterocycles. The summed E-state index contributed by atoms with van der Waals surface area (Å²) >= 11 is 0. The molecule has 0 fully saturated rings. The number of carbonyl (C=O) groups excluding carboxylic acids is 1. The number of nitrogens with one attached hydrogen (secondary N) is 1. The Morgan fingerprint density at radius 1 is 1.78 bits per heavy atom. The summed E-state index contributed by atoms with van der Waals surface area (Å²) in [5.74, 6) is -0.190. The maximum Gasteiger partial charge on any atom is 0.223 e. The second-order valence-electron chi connectivity index (χ2n) is 1.32. The van der Waals surface area contributed by atoms with Gasteiger partial charge in [-0.05, 0) is 16.5 Å². The molecular formula is C4H4N4O. The van der Waals surface area contributed by atoms with Crippen molar-refractivity contribution in [2.75, 3.05) is 0 Å². The van der Waals surface area contributed by atoms with Gasteiger partial charge in [0.2, 0.25) is 11.6 Å². The van der Waals surface area contributed by atoms with Crippen LogP contribution in [-0.4, -0.2) is 26.4 Å². The number of ketones is 1. The van der Waals surface area contributed by atoms with E-state index in [2.05, 4.69) is 27.2 Å². The lowest BCUT2D eigenvalue weighted by atomic mass is 10.4. The Labute approximate surface area is 50.8 Å². The highest BCUT2D eigenvalue weighted by atomic mass is 16.1. The molecule has 0 aliphatic rings. The van der Waals surface area contributed by atoms with Gasteiger partial charge < -0.3 is 0 Å². The number of aromatic nitrogens is 4. The van der Waals surface area contributed by atoms with Gasteiger partial charge in [0.1, 0.15) is 0 Å². The Balaban J connectivity index is 2.89. The normalized spacial score (nSPS) is 8.89. The predicted octanol–water partition coefficient (Wildman–Crippen LogP) is -0.432. The second kappa shape index (κ2) is 2.17. The van der Waals surface area contributed by atoms with Crippen molar-refractivity contribution in [1.82, 2.24) is 20.6 Å². The van der Waals surface area contributed by atoms with E-state index in [1.807, 2.05) is 0 Å². The maximum absolute atomic E-state index is 10.6. The Morgan fingerprint density at radius 2 is 2.56 bits per heavy atom. The van der Waals surface area contributed by atoms with E-state index in [4.69, 9.17) is 0 Å². The molecule has 0 amide bonds. The van der Waals surface area contributed by atoms with Crippen LogP contribution in [0.3, 0.4) is 0 Å². The van der Waals surface area contributed by atoms with E-state index < -0.39 is 0 Å². The number of rotatable bonds is 2. The molecule has 0 radical (unpaired) electrons. The van der Waals surface area contributed by atoms with E-state index in [0.717, 1.165) is 6.08 Å². The standard InChI is InChI=1S/C4H4N4O/c1-2-3(9)4-5-7-8-6-4/h2H,1H2,(H,5,6,7,8). The number of aromatic amines is 1. The topological polar surface area (TPSA) is 71.5 Å². The average molecular weight is 124 g/mol. The fourth-order valence-corrected chi connectivity index (χ4v) is 0.360. The van der Waals surface area contributed by atoms with Crippen molar-refractivity contribution in [1.29, 1.82) is 0 Å². The van der Waals surface area contributed by atoms with Crippen LogP contribution in [0.1, 0.15) is 10.6 Å². The third-order valence-corrected chi connectivity index (χ3v) is 0.764. The molecule has 0 bridgehead atoms. The molecule has 0 aromatic carbocycles. The Kier molecular flexibility index (Phi) is 1.35. The molecule has 1 aromatic heterocycles. The third-order valence-electron chi connectivity index (χ3n) is 0.764. The van der Waals surface area contributed by atoms with Crippen molar-refractivity contribution < 1.29 is 4.79 Å². The van der Waals surface area contributed by atoms with Crippen LogP contribution in [0, 0.1) is 0 Å². The number of hydrogen-bond donors (Lipinski definition) is 1. The summed E-state index contributed by atoms with van der Waals surface area (Å²) in [6.07, 6.45) is 1.14. The summed E-state index contributed by atoms with van der Waals surface area (Å²) < 4.78 is 0. The first-order valence-corrected chi connectivity index (χ1v) is 2.25. The van der Waals surface area contributed by atoms with Crippen LogP contribution in [0.5, 0.6) is 0 Å². The third kappa shape index (κ3) is 0.987. The van der Waals surface area contributed by atoms with Crippen LogP contribution in [0.4, 0.5) is 0 Å². The van der Waals surface area contributed by atoms with E-state index >= 15 is 0 Å². The van der Waals surface area contributed by atoms with E-state index in [-0.39, 0.29) is 11.6 Å². The molecule has 1 N–H and O–H groups in total. The Hall–Kier alpha value is -1.52. The molecule has 0 aliphatic carbocycles. The summed E-state index contributed by atoms with van der Waals surface area (Å²) in [6.45, 7) is 3.25. The number of tetrazole rings is 1. The summed E-state index contributed by atoms with van der Waals surface area (Å²) in [4.78, 5) is 10.6. The highest BCUT2D eigenvalue weighted by Gasteiger charge is 2.02. The zero-order valence-electron chi connectivity index (χ0n) is 4.53. The highest BCUT2D eigenvalue weighted by Crippen LogP contribution is 1.84. The van der Waals surface area contributed by atoms with Gasteiger partial charge in [-0.2, -0.15) is 0 Å². The van der Waals surface area contributed by atoms with Gasteiger partial charge in [-0.3, -0.25) is 4.79 Å². The van der Waals surface area contributed by atoms with Gasteiger partial charge in [0, 0.05) is 0 Å². The molecule has 5 heteroatoms. The van der Waals surface area contributed by atoms with Gasteiger partial charge >= 0.3 is 0 Å². The molecule has 9 heavy (non-hydrogen) atoms. The monoisotopic (exact) mass is 124 g/mol. The fourth-order valence-electron chi connectivity index (χ4n) is 0.360. The van der Waals surface area contributed by atoms with Crippen LogP contribution in [0.25, 0.3) is 0 Å². The number of nitrogens with zero attached hydrogens (tertiary/aromatic N) is 3. The first-order chi connectivity index (χ1) is 4.34. The number of hydrogen-bond acceptors (Lipinski definition) is 4. The van der Waals surface area contributed by atoms with Crippen molar-refractivity contribution in [2.45, 2.75) is 0 Å². The molecule has 46 valence electrons. The largest absolute Gasteiger partial charge is 0.286 e. The fraction of sp³-hybridized carbons (Fsp3) is 0. The van der Waals surface area contributed by atoms with Gasteiger partial charge in [0.05, 0.1) is 0 Å². The average Bonchev–Trinajstić information content (AvgIpc) is 2.37. The quantitative estimate of drug-likeness (QED) is 0.429. The van der Waals surface area contributed by atoms with E-state index in [9.17, 15) is 4.79 Å². The molecule has 0 saturated carbocycles. The predicted molar refractivity (Wildman–Crippen MR) is 28.7 cm³/mol. The Bertz CT molecular complexity index is 214. The number of carbonyl (C=O) groups is 1. The molecule has 0 spiro atoms. The molecule has 0 atom stereocenters. The van der Waals surface area contributed by atoms with Crippen molar-refractivity contribution in [3.8, 4) is 0 Å². The molecule has 5 nitrogen and oxygen atoms in total. The van der Waals surface area contributed by atoms with Crippen molar-refractivity contribution in [3.05, 3.63) is 18.5 Å². The highest BCUT2D eigenvalue weighted by molar-refractivity contribution is 6.00. The maximum atomic E-state index is 10.6. The SMILES string of the molecule is C=CC(=O)c1nnn[nH]1. The van der Waals surface area contributed by atoms with Gasteiger partial charge in [-0.25, -0.2) is 5.10 Å². The number of H-pyrrole nitrogens is 1. The van der Waals surface area contributed by atoms with Crippen LogP contribution < -0.4 is 0 Å². The minimum atomic E-state index is -0.306. The Morgan fingerprint density at radius 3 is 3.00 bits per heavy atom. The van der Waals surface area contributed by atoms with Crippen LogP contribution in [0.2, 0.25) is 0 Å². The smallest absolute Gasteiger partial charge is 0.223 e. The van der Waals surface area contributed by atoms with Crippen LogP contribution in [0.15, 0.2) is 12.7 Å². The van der Waals surface area contributed by atoms with Gasteiger partial charge in [-0.15, -0.1) is 5.10 Å². The molecule has 0 unspecified atom stereocenters. The molecule has 0 aliphatic heterocycles. The van der Waals surface area contributed by atoms with Gasteiger partial charge in [0.25, 0.3) is 0 Å². The lowest BCUT2D eigenvalue weighted by molar-refractivity contribution is 0.103. The minimum absolute atomic E-state index is 0.116. The van der Waals surface area contributed by atoms with Gasteiger partial charge in [0.15, 0.2) is 0 Å². The lowest BCUT2D eigenvalue weighted by Crippen LogP contribution is -1.95. The second-order valence-corrected chi connectivity index (χ2v) is 1.32. The van der Waals surface area contributed by atoms with E-state index in [1.165, 1.54) is 0 Å². The first-order valence-electron chi connectivity index (χ1n) is 2.25. The van der Waals surface area contributed by atoms with E-state index in [0.29, 0.717) is 0 Å². The molecule has 1 heterocycles. The molecule has 1 rings (SSSR count). The first kappa shape index (κ1) is 5.61. The summed E-state index contributed by atoms with van der Waals surface area (Å²) in [5, 5.41) is 12.0. The van der Waals surface area contributed by atoms with Crippen molar-refractivity contribution >= 4 is 5.78 Å². The van der Waals surface area contributed by atoms with Crippen LogP contribution in [-0.2, 0) is 0 Å². The number of allylic oxidation sites excluding steroid dienone is 1. The van der Waals surface area contributed by atoms with E-state index in [1.54, 1.807) is 0 Å².